The van der Waals surface area contributed by atoms with E-state index in [1.807, 2.05) is 0 Å². The highest BCUT2D eigenvalue weighted by Crippen LogP contribution is 2.34. The molecule has 0 radical (unpaired) electrons. The summed E-state index contributed by atoms with van der Waals surface area (Å²) in [6.45, 7) is 2.02. The van der Waals surface area contributed by atoms with E-state index in [1.165, 1.54) is 27.8 Å². The third kappa shape index (κ3) is 2.41. The first-order valence-electron chi connectivity index (χ1n) is 7.76. The van der Waals surface area contributed by atoms with Crippen molar-refractivity contribution in [3.8, 4) is 0 Å². The summed E-state index contributed by atoms with van der Waals surface area (Å²) in [5, 5.41) is 0. The molecule has 0 spiro atoms. The molecule has 0 amide bonds. The number of nitrogens with one attached hydrogen (secondary N) is 2. The second-order valence-electron chi connectivity index (χ2n) is 5.92. The van der Waals surface area contributed by atoms with Gasteiger partial charge in [-0.1, -0.05) is 54.6 Å². The van der Waals surface area contributed by atoms with Crippen LogP contribution in [0.3, 0.4) is 0 Å². The Morgan fingerprint density at radius 3 is 1.86 bits per heavy atom. The van der Waals surface area contributed by atoms with Crippen LogP contribution < -0.4 is 10.9 Å². The van der Waals surface area contributed by atoms with Gasteiger partial charge in [-0.25, -0.2) is 0 Å². The number of aryl methyl sites for hydroxylation is 2. The zero-order valence-electron chi connectivity index (χ0n) is 12.1. The number of rotatable bonds is 1. The molecule has 1 fully saturated rings. The van der Waals surface area contributed by atoms with Crippen LogP contribution in [-0.2, 0) is 12.8 Å². The highest BCUT2D eigenvalue weighted by Gasteiger charge is 2.20. The number of hydrazine groups is 1. The molecule has 1 aliphatic carbocycles. The lowest BCUT2D eigenvalue weighted by molar-refractivity contribution is 0.689. The van der Waals surface area contributed by atoms with Crippen LogP contribution in [0.1, 0.15) is 22.3 Å². The lowest BCUT2D eigenvalue weighted by Gasteiger charge is -2.13. The number of benzene rings is 2. The van der Waals surface area contributed by atoms with Gasteiger partial charge in [0.1, 0.15) is 0 Å². The molecule has 2 aliphatic rings. The summed E-state index contributed by atoms with van der Waals surface area (Å²) in [6.07, 6.45) is 4.72. The molecule has 2 N–H and O–H groups in total. The highest BCUT2D eigenvalue weighted by molar-refractivity contribution is 5.84. The van der Waals surface area contributed by atoms with Crippen LogP contribution in [0.4, 0.5) is 0 Å². The Morgan fingerprint density at radius 1 is 0.762 bits per heavy atom. The lowest BCUT2D eigenvalue weighted by atomic mass is 9.91. The van der Waals surface area contributed by atoms with Gasteiger partial charge in [-0.15, -0.1) is 0 Å². The maximum absolute atomic E-state index is 3.23. The Labute approximate surface area is 125 Å². The van der Waals surface area contributed by atoms with Crippen LogP contribution in [0.5, 0.6) is 0 Å². The summed E-state index contributed by atoms with van der Waals surface area (Å²) in [5.74, 6) is 0.555. The van der Waals surface area contributed by atoms with Crippen LogP contribution in [0.25, 0.3) is 5.57 Å². The normalized spacial score (nSPS) is 18.0. The maximum atomic E-state index is 3.23. The Hall–Kier alpha value is -1.90. The molecule has 21 heavy (non-hydrogen) atoms. The Morgan fingerprint density at radius 2 is 1.29 bits per heavy atom. The van der Waals surface area contributed by atoms with Gasteiger partial charge in [0.25, 0.3) is 0 Å². The minimum Gasteiger partial charge on any atom is -0.257 e. The minimum absolute atomic E-state index is 0.555. The van der Waals surface area contributed by atoms with Crippen molar-refractivity contribution in [2.24, 2.45) is 5.92 Å². The average molecular weight is 276 g/mol. The van der Waals surface area contributed by atoms with Crippen molar-refractivity contribution >= 4 is 5.57 Å². The summed E-state index contributed by atoms with van der Waals surface area (Å²) in [5.41, 5.74) is 13.6. The fourth-order valence-electron chi connectivity index (χ4n) is 3.43. The molecule has 0 bridgehead atoms. The van der Waals surface area contributed by atoms with Gasteiger partial charge >= 0.3 is 0 Å². The Bertz CT molecular complexity index is 632. The van der Waals surface area contributed by atoms with Crippen LogP contribution in [0, 0.1) is 5.92 Å². The van der Waals surface area contributed by atoms with E-state index in [0.29, 0.717) is 5.92 Å². The van der Waals surface area contributed by atoms with E-state index in [1.54, 1.807) is 0 Å². The van der Waals surface area contributed by atoms with E-state index >= 15 is 0 Å². The smallest absolute Gasteiger partial charge is 0.0176 e. The summed E-state index contributed by atoms with van der Waals surface area (Å²) in [4.78, 5) is 0. The Kier molecular flexibility index (Phi) is 3.34. The quantitative estimate of drug-likeness (QED) is 0.837. The molecule has 2 aromatic rings. The van der Waals surface area contributed by atoms with Crippen LogP contribution in [0.15, 0.2) is 54.6 Å². The standard InChI is InChI=1S/C19H20N2/c1-3-7-17-15(5-1)9-10-16-6-2-4-8-18(16)19(17)11-14-12-20-21-13-14/h1-8,11,14,20-21H,9-10,12-13H2. The van der Waals surface area contributed by atoms with Crippen molar-refractivity contribution in [3.63, 3.8) is 0 Å². The van der Waals surface area contributed by atoms with Gasteiger partial charge in [-0.2, -0.15) is 0 Å². The molecule has 2 aromatic carbocycles. The summed E-state index contributed by atoms with van der Waals surface area (Å²) >= 11 is 0. The molecule has 106 valence electrons. The molecule has 1 aliphatic heterocycles. The third-order valence-corrected chi connectivity index (χ3v) is 4.53. The molecule has 2 nitrogen and oxygen atoms in total. The van der Waals surface area contributed by atoms with E-state index in [4.69, 9.17) is 0 Å². The molecule has 0 unspecified atom stereocenters. The van der Waals surface area contributed by atoms with Crippen molar-refractivity contribution in [2.75, 3.05) is 13.1 Å². The van der Waals surface area contributed by atoms with Gasteiger partial charge < -0.3 is 0 Å². The van der Waals surface area contributed by atoms with Gasteiger partial charge in [0.2, 0.25) is 0 Å². The van der Waals surface area contributed by atoms with E-state index in [0.717, 1.165) is 25.9 Å². The predicted octanol–water partition coefficient (Wildman–Crippen LogP) is 2.94. The van der Waals surface area contributed by atoms with Crippen molar-refractivity contribution in [1.82, 2.24) is 10.9 Å². The lowest BCUT2D eigenvalue weighted by Crippen LogP contribution is -2.21. The first kappa shape index (κ1) is 12.8. The zero-order chi connectivity index (χ0) is 14.1. The summed E-state index contributed by atoms with van der Waals surface area (Å²) in [6, 6.07) is 17.7. The van der Waals surface area contributed by atoms with Crippen LogP contribution >= 0.6 is 0 Å². The fourth-order valence-corrected chi connectivity index (χ4v) is 3.43. The molecular formula is C19H20N2. The van der Waals surface area contributed by atoms with E-state index in [9.17, 15) is 0 Å². The first-order valence-corrected chi connectivity index (χ1v) is 7.76. The van der Waals surface area contributed by atoms with E-state index in [2.05, 4.69) is 65.5 Å². The predicted molar refractivity (Wildman–Crippen MR) is 86.9 cm³/mol. The average Bonchev–Trinajstić information content (AvgIpc) is 2.99. The number of hydrogen-bond donors (Lipinski definition) is 2. The van der Waals surface area contributed by atoms with Gasteiger partial charge in [0.05, 0.1) is 0 Å². The zero-order valence-corrected chi connectivity index (χ0v) is 12.1. The van der Waals surface area contributed by atoms with Gasteiger partial charge in [-0.3, -0.25) is 10.9 Å². The van der Waals surface area contributed by atoms with Gasteiger partial charge in [0, 0.05) is 19.0 Å². The molecule has 0 atom stereocenters. The SMILES string of the molecule is C(=C1c2ccccc2CCc2ccccc21)C1CNNC1. The summed E-state index contributed by atoms with van der Waals surface area (Å²) in [7, 11) is 0. The topological polar surface area (TPSA) is 24.1 Å². The number of fused-ring (bicyclic) bond motifs is 2. The molecule has 1 heterocycles. The molecule has 1 saturated heterocycles. The summed E-state index contributed by atoms with van der Waals surface area (Å²) < 4.78 is 0. The van der Waals surface area contributed by atoms with Crippen molar-refractivity contribution in [2.45, 2.75) is 12.8 Å². The van der Waals surface area contributed by atoms with Crippen molar-refractivity contribution < 1.29 is 0 Å². The molecule has 0 aromatic heterocycles. The number of hydrogen-bond acceptors (Lipinski definition) is 2. The van der Waals surface area contributed by atoms with Crippen molar-refractivity contribution in [3.05, 3.63) is 76.9 Å². The second-order valence-corrected chi connectivity index (χ2v) is 5.92. The van der Waals surface area contributed by atoms with Gasteiger partial charge in [0.15, 0.2) is 0 Å². The highest BCUT2D eigenvalue weighted by atomic mass is 15.4. The minimum atomic E-state index is 0.555. The molecular weight excluding hydrogens is 256 g/mol. The van der Waals surface area contributed by atoms with Crippen molar-refractivity contribution in [1.29, 1.82) is 0 Å². The fraction of sp³-hybridized carbons (Fsp3) is 0.263. The van der Waals surface area contributed by atoms with Gasteiger partial charge in [-0.05, 0) is 40.7 Å². The molecule has 4 rings (SSSR count). The van der Waals surface area contributed by atoms with Crippen LogP contribution in [0.2, 0.25) is 0 Å². The molecule has 2 heteroatoms. The van der Waals surface area contributed by atoms with Crippen LogP contribution in [-0.4, -0.2) is 13.1 Å². The monoisotopic (exact) mass is 276 g/mol. The molecule has 0 saturated carbocycles. The van der Waals surface area contributed by atoms with E-state index < -0.39 is 0 Å². The first-order chi connectivity index (χ1) is 10.4. The largest absolute Gasteiger partial charge is 0.257 e. The maximum Gasteiger partial charge on any atom is 0.0176 e. The third-order valence-electron chi connectivity index (χ3n) is 4.53. The van der Waals surface area contributed by atoms with E-state index in [-0.39, 0.29) is 0 Å². The second kappa shape index (κ2) is 5.47. The Balaban J connectivity index is 1.89.